The van der Waals surface area contributed by atoms with Crippen molar-refractivity contribution in [1.82, 2.24) is 9.55 Å². The SMILES string of the molecule is O=C(O)c1sc2ccccc2c1Cn1cnccc1=O. The predicted molar refractivity (Wildman–Crippen MR) is 76.4 cm³/mol. The van der Waals surface area contributed by atoms with Crippen molar-refractivity contribution in [1.29, 1.82) is 0 Å². The van der Waals surface area contributed by atoms with Gasteiger partial charge in [0.2, 0.25) is 0 Å². The number of nitrogens with zero attached hydrogens (tertiary/aromatic N) is 2. The van der Waals surface area contributed by atoms with Crippen molar-refractivity contribution in [2.24, 2.45) is 0 Å². The Labute approximate surface area is 117 Å². The Kier molecular flexibility index (Phi) is 3.08. The Hall–Kier alpha value is -2.47. The largest absolute Gasteiger partial charge is 0.477 e. The van der Waals surface area contributed by atoms with Gasteiger partial charge in [-0.1, -0.05) is 18.2 Å². The molecule has 20 heavy (non-hydrogen) atoms. The van der Waals surface area contributed by atoms with E-state index in [0.29, 0.717) is 5.56 Å². The average Bonchev–Trinajstić information content (AvgIpc) is 2.81. The highest BCUT2D eigenvalue weighted by molar-refractivity contribution is 7.21. The normalized spacial score (nSPS) is 10.8. The topological polar surface area (TPSA) is 72.2 Å². The summed E-state index contributed by atoms with van der Waals surface area (Å²) < 4.78 is 2.30. The van der Waals surface area contributed by atoms with Gasteiger partial charge in [-0.2, -0.15) is 0 Å². The fraction of sp³-hybridized carbons (Fsp3) is 0.0714. The number of benzene rings is 1. The molecule has 2 aromatic heterocycles. The molecule has 1 aromatic carbocycles. The van der Waals surface area contributed by atoms with Gasteiger partial charge in [0.15, 0.2) is 0 Å². The summed E-state index contributed by atoms with van der Waals surface area (Å²) in [7, 11) is 0. The molecule has 0 atom stereocenters. The highest BCUT2D eigenvalue weighted by Gasteiger charge is 2.17. The van der Waals surface area contributed by atoms with Gasteiger partial charge in [-0.05, 0) is 11.5 Å². The molecule has 0 fully saturated rings. The summed E-state index contributed by atoms with van der Waals surface area (Å²) in [6, 6.07) is 8.83. The predicted octanol–water partition coefficient (Wildman–Crippen LogP) is 2.20. The number of carboxylic acids is 1. The molecule has 0 saturated carbocycles. The maximum absolute atomic E-state index is 11.7. The zero-order valence-electron chi connectivity index (χ0n) is 10.3. The first-order chi connectivity index (χ1) is 9.66. The van der Waals surface area contributed by atoms with E-state index in [1.807, 2.05) is 24.3 Å². The average molecular weight is 286 g/mol. The lowest BCUT2D eigenvalue weighted by Gasteiger charge is -2.05. The Bertz CT molecular complexity index is 851. The van der Waals surface area contributed by atoms with Crippen LogP contribution in [-0.4, -0.2) is 20.6 Å². The van der Waals surface area contributed by atoms with Crippen molar-refractivity contribution in [3.05, 3.63) is 63.7 Å². The van der Waals surface area contributed by atoms with E-state index < -0.39 is 5.97 Å². The van der Waals surface area contributed by atoms with Crippen molar-refractivity contribution >= 4 is 27.4 Å². The summed E-state index contributed by atoms with van der Waals surface area (Å²) in [6.07, 6.45) is 2.84. The number of aromatic carboxylic acids is 1. The Morgan fingerprint density at radius 3 is 2.85 bits per heavy atom. The number of carbonyl (C=O) groups is 1. The van der Waals surface area contributed by atoms with Crippen LogP contribution in [0.15, 0.2) is 47.7 Å². The molecule has 100 valence electrons. The quantitative estimate of drug-likeness (QED) is 0.801. The fourth-order valence-electron chi connectivity index (χ4n) is 2.10. The van der Waals surface area contributed by atoms with E-state index in [1.54, 1.807) is 0 Å². The summed E-state index contributed by atoms with van der Waals surface area (Å²) in [6.45, 7) is 0.207. The summed E-state index contributed by atoms with van der Waals surface area (Å²) in [5.74, 6) is -0.974. The third-order valence-corrected chi connectivity index (χ3v) is 4.21. The molecule has 6 heteroatoms. The van der Waals surface area contributed by atoms with E-state index in [1.165, 1.54) is 34.5 Å². The second-order valence-corrected chi connectivity index (χ2v) is 5.31. The minimum atomic E-state index is -0.974. The van der Waals surface area contributed by atoms with Crippen molar-refractivity contribution in [2.45, 2.75) is 6.54 Å². The summed E-state index contributed by atoms with van der Waals surface area (Å²) >= 11 is 1.22. The highest BCUT2D eigenvalue weighted by atomic mass is 32.1. The van der Waals surface area contributed by atoms with Crippen molar-refractivity contribution < 1.29 is 9.90 Å². The highest BCUT2D eigenvalue weighted by Crippen LogP contribution is 2.31. The van der Waals surface area contributed by atoms with Crippen LogP contribution >= 0.6 is 11.3 Å². The van der Waals surface area contributed by atoms with Crippen LogP contribution in [-0.2, 0) is 6.54 Å². The Morgan fingerprint density at radius 1 is 1.30 bits per heavy atom. The number of thiophene rings is 1. The van der Waals surface area contributed by atoms with Gasteiger partial charge in [0.1, 0.15) is 4.88 Å². The van der Waals surface area contributed by atoms with Gasteiger partial charge < -0.3 is 5.11 Å². The molecule has 0 spiro atoms. The van der Waals surface area contributed by atoms with Crippen LogP contribution < -0.4 is 5.56 Å². The molecule has 5 nitrogen and oxygen atoms in total. The van der Waals surface area contributed by atoms with E-state index in [-0.39, 0.29) is 17.0 Å². The van der Waals surface area contributed by atoms with Crippen LogP contribution in [0.25, 0.3) is 10.1 Å². The first kappa shape index (κ1) is 12.6. The van der Waals surface area contributed by atoms with E-state index in [4.69, 9.17) is 0 Å². The molecular weight excluding hydrogens is 276 g/mol. The molecule has 0 aliphatic heterocycles. The first-order valence-electron chi connectivity index (χ1n) is 5.91. The van der Waals surface area contributed by atoms with Crippen LogP contribution in [0.4, 0.5) is 0 Å². The molecule has 3 aromatic rings. The monoisotopic (exact) mass is 286 g/mol. The van der Waals surface area contributed by atoms with Crippen LogP contribution in [0, 0.1) is 0 Å². The van der Waals surface area contributed by atoms with E-state index >= 15 is 0 Å². The molecule has 1 N–H and O–H groups in total. The number of carboxylic acid groups (broad SMARTS) is 1. The van der Waals surface area contributed by atoms with Gasteiger partial charge in [-0.15, -0.1) is 11.3 Å². The van der Waals surface area contributed by atoms with Crippen molar-refractivity contribution in [3.8, 4) is 0 Å². The third kappa shape index (κ3) is 2.10. The standard InChI is InChI=1S/C14H10N2O3S/c17-12-5-6-15-8-16(12)7-10-9-3-1-2-4-11(9)20-13(10)14(18)19/h1-6,8H,7H2,(H,18,19). The zero-order chi connectivity index (χ0) is 14.1. The van der Waals surface area contributed by atoms with Gasteiger partial charge in [-0.3, -0.25) is 9.36 Å². The lowest BCUT2D eigenvalue weighted by molar-refractivity contribution is 0.0701. The number of aromatic nitrogens is 2. The van der Waals surface area contributed by atoms with Crippen molar-refractivity contribution in [2.75, 3.05) is 0 Å². The van der Waals surface area contributed by atoms with E-state index in [2.05, 4.69) is 4.98 Å². The Balaban J connectivity index is 2.19. The maximum atomic E-state index is 11.7. The second kappa shape index (κ2) is 4.90. The molecular formula is C14H10N2O3S. The minimum Gasteiger partial charge on any atom is -0.477 e. The number of hydrogen-bond acceptors (Lipinski definition) is 4. The molecule has 0 aliphatic carbocycles. The van der Waals surface area contributed by atoms with Gasteiger partial charge >= 0.3 is 5.97 Å². The van der Waals surface area contributed by atoms with Crippen LogP contribution in [0.1, 0.15) is 15.2 Å². The van der Waals surface area contributed by atoms with E-state index in [0.717, 1.165) is 10.1 Å². The van der Waals surface area contributed by atoms with Gasteiger partial charge in [0.05, 0.1) is 12.9 Å². The first-order valence-corrected chi connectivity index (χ1v) is 6.72. The molecule has 0 unspecified atom stereocenters. The van der Waals surface area contributed by atoms with Gasteiger partial charge in [-0.25, -0.2) is 9.78 Å². The summed E-state index contributed by atoms with van der Waals surface area (Å²) in [5, 5.41) is 10.2. The number of fused-ring (bicyclic) bond motifs is 1. The molecule has 0 radical (unpaired) electrons. The zero-order valence-corrected chi connectivity index (χ0v) is 11.1. The molecule has 0 amide bonds. The second-order valence-electron chi connectivity index (χ2n) is 4.26. The smallest absolute Gasteiger partial charge is 0.346 e. The summed E-state index contributed by atoms with van der Waals surface area (Å²) in [5.41, 5.74) is 0.444. The Morgan fingerprint density at radius 2 is 2.10 bits per heavy atom. The van der Waals surface area contributed by atoms with Gasteiger partial charge in [0, 0.05) is 22.5 Å². The van der Waals surface area contributed by atoms with E-state index in [9.17, 15) is 14.7 Å². The van der Waals surface area contributed by atoms with Gasteiger partial charge in [0.25, 0.3) is 5.56 Å². The lowest BCUT2D eigenvalue weighted by atomic mass is 10.1. The molecule has 0 aliphatic rings. The third-order valence-electron chi connectivity index (χ3n) is 3.01. The van der Waals surface area contributed by atoms with Crippen molar-refractivity contribution in [3.63, 3.8) is 0 Å². The maximum Gasteiger partial charge on any atom is 0.346 e. The molecule has 2 heterocycles. The van der Waals surface area contributed by atoms with Crippen LogP contribution in [0.2, 0.25) is 0 Å². The number of rotatable bonds is 3. The minimum absolute atomic E-state index is 0.202. The fourth-order valence-corrected chi connectivity index (χ4v) is 3.15. The van der Waals surface area contributed by atoms with Crippen LogP contribution in [0.3, 0.4) is 0 Å². The molecule has 0 saturated heterocycles. The lowest BCUT2D eigenvalue weighted by Crippen LogP contribution is -2.20. The summed E-state index contributed by atoms with van der Waals surface area (Å²) in [4.78, 5) is 27.3. The number of hydrogen-bond donors (Lipinski definition) is 1. The van der Waals surface area contributed by atoms with Crippen LogP contribution in [0.5, 0.6) is 0 Å². The molecule has 0 bridgehead atoms. The molecule has 3 rings (SSSR count).